The van der Waals surface area contributed by atoms with Crippen LogP contribution < -0.4 is 9.47 Å². The zero-order chi connectivity index (χ0) is 18.6. The molecule has 0 spiro atoms. The highest BCUT2D eigenvalue weighted by atomic mass is 16.5. The molecule has 0 saturated heterocycles. The predicted octanol–water partition coefficient (Wildman–Crippen LogP) is 4.15. The number of methoxy groups -OCH3 is 2. The van der Waals surface area contributed by atoms with Crippen molar-refractivity contribution < 1.29 is 19.1 Å². The number of carbonyl (C=O) groups is 2. The lowest BCUT2D eigenvalue weighted by molar-refractivity contribution is -0.131. The van der Waals surface area contributed by atoms with Crippen LogP contribution in [0.5, 0.6) is 11.5 Å². The maximum atomic E-state index is 12.6. The fourth-order valence-electron chi connectivity index (χ4n) is 3.31. The van der Waals surface area contributed by atoms with E-state index in [1.165, 1.54) is 0 Å². The van der Waals surface area contributed by atoms with Gasteiger partial charge in [0.15, 0.2) is 0 Å². The summed E-state index contributed by atoms with van der Waals surface area (Å²) in [4.78, 5) is 29.8. The second-order valence-electron chi connectivity index (χ2n) is 7.27. The number of Topliss-reactive ketones (excluding diaryl/α,β-unsaturated/α-hetero) is 2. The van der Waals surface area contributed by atoms with Gasteiger partial charge in [0.25, 0.3) is 0 Å². The van der Waals surface area contributed by atoms with Crippen LogP contribution in [0.15, 0.2) is 23.2 Å². The lowest BCUT2D eigenvalue weighted by Crippen LogP contribution is -2.41. The molecular weight excluding hydrogens is 318 g/mol. The van der Waals surface area contributed by atoms with Crippen molar-refractivity contribution >= 4 is 23.0 Å². The van der Waals surface area contributed by atoms with Crippen LogP contribution in [0.4, 0.5) is 5.69 Å². The van der Waals surface area contributed by atoms with Gasteiger partial charge < -0.3 is 9.47 Å². The van der Waals surface area contributed by atoms with Crippen LogP contribution in [0.3, 0.4) is 0 Å². The second kappa shape index (κ2) is 7.81. The lowest BCUT2D eigenvalue weighted by Gasteiger charge is -2.34. The molecule has 136 valence electrons. The molecule has 1 unspecified atom stereocenters. The third-order valence-corrected chi connectivity index (χ3v) is 4.44. The first-order chi connectivity index (χ1) is 11.8. The van der Waals surface area contributed by atoms with E-state index in [0.29, 0.717) is 42.2 Å². The van der Waals surface area contributed by atoms with Gasteiger partial charge in [-0.3, -0.25) is 14.6 Å². The predicted molar refractivity (Wildman–Crippen MR) is 98.1 cm³/mol. The lowest BCUT2D eigenvalue weighted by atomic mass is 9.69. The summed E-state index contributed by atoms with van der Waals surface area (Å²) >= 11 is 0. The molecule has 0 bridgehead atoms. The molecular formula is C20H27NO4. The number of aliphatic imine (C=N–C) groups is 1. The highest BCUT2D eigenvalue weighted by molar-refractivity contribution is 6.23. The monoisotopic (exact) mass is 345 g/mol. The van der Waals surface area contributed by atoms with Crippen molar-refractivity contribution in [3.05, 3.63) is 18.2 Å². The molecule has 5 nitrogen and oxygen atoms in total. The first-order valence-electron chi connectivity index (χ1n) is 8.66. The van der Waals surface area contributed by atoms with Gasteiger partial charge in [-0.05, 0) is 30.4 Å². The van der Waals surface area contributed by atoms with Gasteiger partial charge in [-0.15, -0.1) is 0 Å². The number of hydrogen-bond donors (Lipinski definition) is 0. The van der Waals surface area contributed by atoms with Gasteiger partial charge in [0.2, 0.25) is 0 Å². The molecule has 1 fully saturated rings. The van der Waals surface area contributed by atoms with Crippen molar-refractivity contribution in [2.75, 3.05) is 14.2 Å². The van der Waals surface area contributed by atoms with Crippen LogP contribution in [0.25, 0.3) is 0 Å². The smallest absolute Gasteiger partial charge is 0.149 e. The third kappa shape index (κ3) is 4.47. The van der Waals surface area contributed by atoms with Gasteiger partial charge >= 0.3 is 0 Å². The quantitative estimate of drug-likeness (QED) is 0.727. The van der Waals surface area contributed by atoms with E-state index in [2.05, 4.69) is 4.99 Å². The Bertz CT molecular complexity index is 691. The van der Waals surface area contributed by atoms with Crippen molar-refractivity contribution in [3.8, 4) is 11.5 Å². The van der Waals surface area contributed by atoms with E-state index < -0.39 is 5.92 Å². The minimum atomic E-state index is -0.722. The zero-order valence-corrected chi connectivity index (χ0v) is 15.7. The van der Waals surface area contributed by atoms with Crippen molar-refractivity contribution in [2.24, 2.45) is 16.3 Å². The Balaban J connectivity index is 2.48. The minimum absolute atomic E-state index is 0.0269. The van der Waals surface area contributed by atoms with E-state index in [9.17, 15) is 9.59 Å². The van der Waals surface area contributed by atoms with E-state index in [-0.39, 0.29) is 17.0 Å². The van der Waals surface area contributed by atoms with Crippen molar-refractivity contribution in [2.45, 2.75) is 46.5 Å². The number of ketones is 2. The van der Waals surface area contributed by atoms with Crippen LogP contribution in [0.1, 0.15) is 46.5 Å². The third-order valence-electron chi connectivity index (χ3n) is 4.44. The molecule has 1 saturated carbocycles. The minimum Gasteiger partial charge on any atom is -0.497 e. The summed E-state index contributed by atoms with van der Waals surface area (Å²) in [6, 6.07) is 5.33. The van der Waals surface area contributed by atoms with Gasteiger partial charge in [-0.1, -0.05) is 20.8 Å². The summed E-state index contributed by atoms with van der Waals surface area (Å²) in [5, 5.41) is 0. The fraction of sp³-hybridized carbons (Fsp3) is 0.550. The molecule has 1 atom stereocenters. The van der Waals surface area contributed by atoms with Gasteiger partial charge in [0.1, 0.15) is 34.7 Å². The molecule has 25 heavy (non-hydrogen) atoms. The van der Waals surface area contributed by atoms with E-state index in [1.54, 1.807) is 32.4 Å². The molecule has 1 aliphatic carbocycles. The van der Waals surface area contributed by atoms with Crippen LogP contribution in [-0.4, -0.2) is 31.5 Å². The summed E-state index contributed by atoms with van der Waals surface area (Å²) in [5.74, 6) is 0.443. The normalized spacial score (nSPS) is 21.2. The maximum absolute atomic E-state index is 12.6. The number of nitrogens with zero attached hydrogens (tertiary/aromatic N) is 1. The van der Waals surface area contributed by atoms with Crippen LogP contribution in [0.2, 0.25) is 0 Å². The van der Waals surface area contributed by atoms with Crippen molar-refractivity contribution in [3.63, 3.8) is 0 Å². The molecule has 1 aromatic carbocycles. The number of carbonyl (C=O) groups excluding carboxylic acids is 2. The molecule has 1 aromatic rings. The Labute approximate surface area is 149 Å². The van der Waals surface area contributed by atoms with E-state index in [0.717, 1.165) is 6.42 Å². The number of ether oxygens (including phenoxy) is 2. The average molecular weight is 345 g/mol. The Morgan fingerprint density at radius 1 is 1.24 bits per heavy atom. The fourth-order valence-corrected chi connectivity index (χ4v) is 3.31. The average Bonchev–Trinajstić information content (AvgIpc) is 2.53. The molecule has 5 heteroatoms. The van der Waals surface area contributed by atoms with Gasteiger partial charge in [-0.2, -0.15) is 0 Å². The maximum Gasteiger partial charge on any atom is 0.149 e. The molecule has 0 aliphatic heterocycles. The summed E-state index contributed by atoms with van der Waals surface area (Å²) in [6.45, 7) is 6.01. The van der Waals surface area contributed by atoms with Gasteiger partial charge in [0, 0.05) is 24.6 Å². The first kappa shape index (κ1) is 19.2. The number of hydrogen-bond acceptors (Lipinski definition) is 5. The van der Waals surface area contributed by atoms with E-state index in [4.69, 9.17) is 9.47 Å². The summed E-state index contributed by atoms with van der Waals surface area (Å²) in [5.41, 5.74) is 1.06. The van der Waals surface area contributed by atoms with Crippen molar-refractivity contribution in [1.82, 2.24) is 0 Å². The Morgan fingerprint density at radius 3 is 2.56 bits per heavy atom. The summed E-state index contributed by atoms with van der Waals surface area (Å²) in [7, 11) is 3.15. The largest absolute Gasteiger partial charge is 0.497 e. The van der Waals surface area contributed by atoms with Crippen molar-refractivity contribution in [1.29, 1.82) is 0 Å². The Morgan fingerprint density at radius 2 is 1.96 bits per heavy atom. The zero-order valence-electron chi connectivity index (χ0n) is 15.7. The summed E-state index contributed by atoms with van der Waals surface area (Å²) in [6.07, 6.45) is 2.15. The highest BCUT2D eigenvalue weighted by Crippen LogP contribution is 2.38. The number of rotatable bonds is 6. The topological polar surface area (TPSA) is 65.0 Å². The first-order valence-corrected chi connectivity index (χ1v) is 8.66. The standard InChI is InChI=1S/C20H27NO4/c1-6-7-16(22)19-15(11-20(2,3)12-17(19)23)21-14-9-8-13(24-4)10-18(14)25-5/h8-10,19H,6-7,11-12H2,1-5H3. The molecule has 0 aromatic heterocycles. The van der Waals surface area contributed by atoms with Crippen LogP contribution in [0, 0.1) is 11.3 Å². The van der Waals surface area contributed by atoms with Crippen LogP contribution in [-0.2, 0) is 9.59 Å². The summed E-state index contributed by atoms with van der Waals surface area (Å²) < 4.78 is 10.6. The SMILES string of the molecule is CCCC(=O)C1C(=O)CC(C)(C)CC1=Nc1ccc(OC)cc1OC. The Hall–Kier alpha value is -2.17. The van der Waals surface area contributed by atoms with E-state index in [1.807, 2.05) is 20.8 Å². The molecule has 0 N–H and O–H groups in total. The van der Waals surface area contributed by atoms with Crippen LogP contribution >= 0.6 is 0 Å². The van der Waals surface area contributed by atoms with E-state index >= 15 is 0 Å². The second-order valence-corrected chi connectivity index (χ2v) is 7.27. The molecule has 1 aliphatic rings. The molecule has 0 amide bonds. The Kier molecular flexibility index (Phi) is 5.98. The van der Waals surface area contributed by atoms with Gasteiger partial charge in [0.05, 0.1) is 14.2 Å². The molecule has 0 heterocycles. The molecule has 0 radical (unpaired) electrons. The molecule has 2 rings (SSSR count). The number of benzene rings is 1. The highest BCUT2D eigenvalue weighted by Gasteiger charge is 2.41. The van der Waals surface area contributed by atoms with Gasteiger partial charge in [-0.25, -0.2) is 0 Å².